The maximum atomic E-state index is 5.39. The number of hydrogen-bond acceptors (Lipinski definition) is 5. The summed E-state index contributed by atoms with van der Waals surface area (Å²) in [5.41, 5.74) is 0. The normalized spacial score (nSPS) is 12.6. The third-order valence-corrected chi connectivity index (χ3v) is 3.39. The third kappa shape index (κ3) is 4.35. The van der Waals surface area contributed by atoms with Gasteiger partial charge in [-0.25, -0.2) is 9.97 Å². The number of anilines is 2. The van der Waals surface area contributed by atoms with Crippen LogP contribution >= 0.6 is 0 Å². The molecule has 0 saturated heterocycles. The maximum Gasteiger partial charge on any atom is 0.158 e. The summed E-state index contributed by atoms with van der Waals surface area (Å²) in [7, 11) is 3.93. The highest BCUT2D eigenvalue weighted by Crippen LogP contribution is 2.20. The van der Waals surface area contributed by atoms with Gasteiger partial charge in [-0.15, -0.1) is 0 Å². The van der Waals surface area contributed by atoms with Crippen LogP contribution in [0.4, 0.5) is 11.6 Å². The first kappa shape index (κ1) is 15.7. The molecular formula is C14H26N4O. The van der Waals surface area contributed by atoms with Crippen molar-refractivity contribution in [1.29, 1.82) is 0 Å². The Labute approximate surface area is 116 Å². The van der Waals surface area contributed by atoms with Crippen LogP contribution in [0.3, 0.4) is 0 Å². The molecule has 0 fully saturated rings. The molecule has 0 bridgehead atoms. The first-order valence-corrected chi connectivity index (χ1v) is 6.85. The monoisotopic (exact) mass is 266 g/mol. The van der Waals surface area contributed by atoms with E-state index in [9.17, 15) is 0 Å². The van der Waals surface area contributed by atoms with Crippen molar-refractivity contribution < 1.29 is 4.74 Å². The number of nitrogens with one attached hydrogen (secondary N) is 1. The Morgan fingerprint density at radius 2 is 2.00 bits per heavy atom. The quantitative estimate of drug-likeness (QED) is 0.822. The molecule has 0 aliphatic rings. The van der Waals surface area contributed by atoms with E-state index in [0.29, 0.717) is 31.0 Å². The molecule has 19 heavy (non-hydrogen) atoms. The lowest BCUT2D eigenvalue weighted by atomic mass is 10.1. The topological polar surface area (TPSA) is 50.3 Å². The van der Waals surface area contributed by atoms with Crippen LogP contribution in [0.5, 0.6) is 0 Å². The summed E-state index contributed by atoms with van der Waals surface area (Å²) in [5.74, 6) is 3.03. The predicted octanol–water partition coefficient (Wildman–Crippen LogP) is 2.54. The standard InChI is InChI=1S/C14H26N4O/c1-7-19-9-13-16-12(15-5)8-14(17-13)18(6)11(4)10(2)3/h8,10-11H,7,9H2,1-6H3,(H,15,16,17). The number of aromatic nitrogens is 2. The third-order valence-electron chi connectivity index (χ3n) is 3.39. The van der Waals surface area contributed by atoms with E-state index >= 15 is 0 Å². The largest absolute Gasteiger partial charge is 0.374 e. The van der Waals surface area contributed by atoms with Crippen molar-refractivity contribution in [2.75, 3.05) is 30.9 Å². The van der Waals surface area contributed by atoms with Gasteiger partial charge in [-0.1, -0.05) is 13.8 Å². The van der Waals surface area contributed by atoms with E-state index in [1.165, 1.54) is 0 Å². The van der Waals surface area contributed by atoms with Gasteiger partial charge in [-0.3, -0.25) is 0 Å². The lowest BCUT2D eigenvalue weighted by Gasteiger charge is -2.29. The van der Waals surface area contributed by atoms with E-state index in [1.54, 1.807) is 0 Å². The van der Waals surface area contributed by atoms with Gasteiger partial charge in [0.25, 0.3) is 0 Å². The minimum atomic E-state index is 0.416. The van der Waals surface area contributed by atoms with Crippen LogP contribution in [0.1, 0.15) is 33.5 Å². The molecule has 1 N–H and O–H groups in total. The Balaban J connectivity index is 2.98. The number of rotatable bonds is 7. The van der Waals surface area contributed by atoms with Crippen molar-refractivity contribution in [3.8, 4) is 0 Å². The van der Waals surface area contributed by atoms with E-state index in [1.807, 2.05) is 20.0 Å². The van der Waals surface area contributed by atoms with Crippen molar-refractivity contribution in [1.82, 2.24) is 9.97 Å². The van der Waals surface area contributed by atoms with Gasteiger partial charge in [0.1, 0.15) is 18.2 Å². The Morgan fingerprint density at radius 3 is 2.53 bits per heavy atom. The van der Waals surface area contributed by atoms with E-state index in [0.717, 1.165) is 11.6 Å². The number of hydrogen-bond donors (Lipinski definition) is 1. The van der Waals surface area contributed by atoms with Crippen LogP contribution in [0.25, 0.3) is 0 Å². The van der Waals surface area contributed by atoms with Gasteiger partial charge in [-0.05, 0) is 19.8 Å². The molecule has 0 amide bonds. The highest BCUT2D eigenvalue weighted by atomic mass is 16.5. The molecule has 5 nitrogen and oxygen atoms in total. The zero-order valence-electron chi connectivity index (χ0n) is 12.9. The van der Waals surface area contributed by atoms with Crippen LogP contribution in [0, 0.1) is 5.92 Å². The fourth-order valence-electron chi connectivity index (χ4n) is 1.71. The van der Waals surface area contributed by atoms with Crippen LogP contribution in [-0.4, -0.2) is 36.7 Å². The van der Waals surface area contributed by atoms with Gasteiger partial charge in [0.2, 0.25) is 0 Å². The minimum Gasteiger partial charge on any atom is -0.374 e. The summed E-state index contributed by atoms with van der Waals surface area (Å²) < 4.78 is 5.39. The average Bonchev–Trinajstić information content (AvgIpc) is 2.42. The van der Waals surface area contributed by atoms with Gasteiger partial charge in [0, 0.05) is 32.8 Å². The smallest absolute Gasteiger partial charge is 0.158 e. The van der Waals surface area contributed by atoms with Crippen LogP contribution < -0.4 is 10.2 Å². The molecule has 108 valence electrons. The van der Waals surface area contributed by atoms with Crippen molar-refractivity contribution in [3.63, 3.8) is 0 Å². The Hall–Kier alpha value is -1.36. The molecule has 0 aliphatic heterocycles. The highest BCUT2D eigenvalue weighted by molar-refractivity contribution is 5.49. The summed E-state index contributed by atoms with van der Waals surface area (Å²) >= 11 is 0. The molecule has 0 spiro atoms. The lowest BCUT2D eigenvalue weighted by molar-refractivity contribution is 0.128. The van der Waals surface area contributed by atoms with Gasteiger partial charge in [-0.2, -0.15) is 0 Å². The van der Waals surface area contributed by atoms with Crippen molar-refractivity contribution in [2.24, 2.45) is 5.92 Å². The summed E-state index contributed by atoms with van der Waals surface area (Å²) in [6.07, 6.45) is 0. The second-order valence-corrected chi connectivity index (χ2v) is 5.01. The molecule has 1 aromatic heterocycles. The van der Waals surface area contributed by atoms with Crippen molar-refractivity contribution in [2.45, 2.75) is 40.3 Å². The van der Waals surface area contributed by atoms with E-state index in [-0.39, 0.29) is 0 Å². The highest BCUT2D eigenvalue weighted by Gasteiger charge is 2.16. The van der Waals surface area contributed by atoms with E-state index < -0.39 is 0 Å². The molecule has 0 aliphatic carbocycles. The number of nitrogens with zero attached hydrogens (tertiary/aromatic N) is 3. The fourth-order valence-corrected chi connectivity index (χ4v) is 1.71. The van der Waals surface area contributed by atoms with Crippen LogP contribution in [-0.2, 0) is 11.3 Å². The second kappa shape index (κ2) is 7.28. The summed E-state index contributed by atoms with van der Waals surface area (Å²) in [6.45, 7) is 9.71. The van der Waals surface area contributed by atoms with Gasteiger partial charge in [0.15, 0.2) is 5.82 Å². The van der Waals surface area contributed by atoms with E-state index in [4.69, 9.17) is 4.74 Å². The lowest BCUT2D eigenvalue weighted by Crippen LogP contribution is -2.34. The zero-order chi connectivity index (χ0) is 14.4. The minimum absolute atomic E-state index is 0.416. The summed E-state index contributed by atoms with van der Waals surface area (Å²) in [5, 5.41) is 3.07. The molecule has 0 radical (unpaired) electrons. The molecule has 1 heterocycles. The van der Waals surface area contributed by atoms with Gasteiger partial charge >= 0.3 is 0 Å². The first-order chi connectivity index (χ1) is 8.99. The second-order valence-electron chi connectivity index (χ2n) is 5.01. The molecule has 0 aromatic carbocycles. The summed E-state index contributed by atoms with van der Waals surface area (Å²) in [4.78, 5) is 11.2. The predicted molar refractivity (Wildman–Crippen MR) is 79.6 cm³/mol. The molecule has 5 heteroatoms. The Bertz CT molecular complexity index is 395. The average molecular weight is 266 g/mol. The SMILES string of the molecule is CCOCc1nc(NC)cc(N(C)C(C)C(C)C)n1. The molecule has 1 aromatic rings. The summed E-state index contributed by atoms with van der Waals surface area (Å²) in [6, 6.07) is 2.38. The molecule has 1 atom stereocenters. The number of ether oxygens (including phenoxy) is 1. The van der Waals surface area contributed by atoms with Gasteiger partial charge in [0.05, 0.1) is 0 Å². The molecular weight excluding hydrogens is 240 g/mol. The molecule has 1 unspecified atom stereocenters. The molecule has 1 rings (SSSR count). The fraction of sp³-hybridized carbons (Fsp3) is 0.714. The Morgan fingerprint density at radius 1 is 1.32 bits per heavy atom. The maximum absolute atomic E-state index is 5.39. The van der Waals surface area contributed by atoms with Crippen LogP contribution in [0.15, 0.2) is 6.07 Å². The van der Waals surface area contributed by atoms with Gasteiger partial charge < -0.3 is 15.0 Å². The first-order valence-electron chi connectivity index (χ1n) is 6.85. The molecule has 0 saturated carbocycles. The van der Waals surface area contributed by atoms with Crippen LogP contribution in [0.2, 0.25) is 0 Å². The Kier molecular flexibility index (Phi) is 6.02. The van der Waals surface area contributed by atoms with Crippen molar-refractivity contribution in [3.05, 3.63) is 11.9 Å². The zero-order valence-corrected chi connectivity index (χ0v) is 12.9. The van der Waals surface area contributed by atoms with Crippen molar-refractivity contribution >= 4 is 11.6 Å². The van der Waals surface area contributed by atoms with E-state index in [2.05, 4.69) is 48.0 Å².